The summed E-state index contributed by atoms with van der Waals surface area (Å²) in [6.45, 7) is 7.59. The lowest BCUT2D eigenvalue weighted by atomic mass is 9.95. The zero-order valence-corrected chi connectivity index (χ0v) is 25.1. The van der Waals surface area contributed by atoms with Crippen LogP contribution < -0.4 is 20.5 Å². The number of rotatable bonds is 10. The summed E-state index contributed by atoms with van der Waals surface area (Å²) in [5, 5.41) is 3.46. The van der Waals surface area contributed by atoms with Crippen LogP contribution in [0.25, 0.3) is 22.4 Å². The number of benzene rings is 3. The molecule has 0 radical (unpaired) electrons. The number of primary amides is 1. The first-order valence-electron chi connectivity index (χ1n) is 14.4. The van der Waals surface area contributed by atoms with Gasteiger partial charge >= 0.3 is 6.09 Å². The molecule has 0 spiro atoms. The molecule has 4 aromatic rings. The number of nitrogens with one attached hydrogen (secondary N) is 1. The number of piperidine rings is 1. The molecule has 0 atom stereocenters. The molecular formula is C33H35ClFN5O3. The van der Waals surface area contributed by atoms with E-state index in [0.717, 1.165) is 42.7 Å². The summed E-state index contributed by atoms with van der Waals surface area (Å²) in [6, 6.07) is 17.5. The number of hydrogen-bond donors (Lipinski definition) is 2. The molecule has 2 heterocycles. The van der Waals surface area contributed by atoms with Gasteiger partial charge in [-0.15, -0.1) is 0 Å². The molecule has 1 amide bonds. The first kappa shape index (κ1) is 30.3. The van der Waals surface area contributed by atoms with Gasteiger partial charge in [-0.1, -0.05) is 54.4 Å². The molecule has 1 aliphatic heterocycles. The predicted molar refractivity (Wildman–Crippen MR) is 168 cm³/mol. The number of anilines is 2. The SMILES string of the molecule is Cc1cccc(-c2nc(Nc3ccc(OCCCN4CCCCC4)c(F)c3)nc(OC(N)=O)c2-c2ccccc2Cl)c1C. The number of likely N-dealkylation sites (tertiary alicyclic amines) is 1. The van der Waals surface area contributed by atoms with Crippen LogP contribution in [0.2, 0.25) is 5.02 Å². The predicted octanol–water partition coefficient (Wildman–Crippen LogP) is 7.68. The van der Waals surface area contributed by atoms with Crippen LogP contribution in [0.4, 0.5) is 20.8 Å². The van der Waals surface area contributed by atoms with Crippen LogP contribution >= 0.6 is 11.6 Å². The van der Waals surface area contributed by atoms with Crippen molar-refractivity contribution in [3.63, 3.8) is 0 Å². The first-order valence-corrected chi connectivity index (χ1v) is 14.8. The lowest BCUT2D eigenvalue weighted by Gasteiger charge is -2.26. The molecule has 0 unspecified atom stereocenters. The van der Waals surface area contributed by atoms with Crippen LogP contribution in [-0.4, -0.2) is 47.2 Å². The van der Waals surface area contributed by atoms with Crippen molar-refractivity contribution in [3.05, 3.63) is 82.6 Å². The number of ether oxygens (including phenoxy) is 2. The van der Waals surface area contributed by atoms with Crippen LogP contribution in [0.1, 0.15) is 36.8 Å². The van der Waals surface area contributed by atoms with Gasteiger partial charge < -0.3 is 25.4 Å². The molecular weight excluding hydrogens is 569 g/mol. The van der Waals surface area contributed by atoms with Crippen molar-refractivity contribution >= 4 is 29.3 Å². The number of halogens is 2. The van der Waals surface area contributed by atoms with Gasteiger partial charge in [-0.3, -0.25) is 0 Å². The smallest absolute Gasteiger partial charge is 0.411 e. The first-order chi connectivity index (χ1) is 20.8. The van der Waals surface area contributed by atoms with Gasteiger partial charge in [0.2, 0.25) is 11.8 Å². The molecule has 0 aliphatic carbocycles. The maximum atomic E-state index is 15.0. The van der Waals surface area contributed by atoms with E-state index in [1.165, 1.54) is 25.3 Å². The topological polar surface area (TPSA) is 103 Å². The minimum Gasteiger partial charge on any atom is -0.490 e. The Hall–Kier alpha value is -4.21. The van der Waals surface area contributed by atoms with Gasteiger partial charge in [0.15, 0.2) is 11.6 Å². The van der Waals surface area contributed by atoms with Gasteiger partial charge in [-0.2, -0.15) is 4.98 Å². The Bertz CT molecular complexity index is 1610. The summed E-state index contributed by atoms with van der Waals surface area (Å²) >= 11 is 6.59. The third-order valence-electron chi connectivity index (χ3n) is 7.59. The lowest BCUT2D eigenvalue weighted by Crippen LogP contribution is -2.31. The third kappa shape index (κ3) is 7.42. The van der Waals surface area contributed by atoms with E-state index in [2.05, 4.69) is 15.2 Å². The van der Waals surface area contributed by atoms with E-state index in [9.17, 15) is 4.79 Å². The van der Waals surface area contributed by atoms with E-state index < -0.39 is 11.9 Å². The number of aromatic nitrogens is 2. The van der Waals surface area contributed by atoms with E-state index in [0.29, 0.717) is 34.1 Å². The Kier molecular flexibility index (Phi) is 9.74. The standard InChI is InChI=1S/C33H35ClFN5O3/c1-21-10-8-12-24(22(21)2)30-29(25-11-4-5-13-26(25)34)31(43-32(36)41)39-33(38-30)37-23-14-15-28(27(35)20-23)42-19-9-18-40-16-6-3-7-17-40/h4-5,8,10-15,20H,3,6-7,9,16-19H2,1-2H3,(H2,36,41)(H,37,38,39). The van der Waals surface area contributed by atoms with Gasteiger partial charge in [-0.05, 0) is 75.5 Å². The highest BCUT2D eigenvalue weighted by molar-refractivity contribution is 6.33. The molecule has 224 valence electrons. The second-order valence-electron chi connectivity index (χ2n) is 10.6. The van der Waals surface area contributed by atoms with Crippen molar-refractivity contribution in [1.82, 2.24) is 14.9 Å². The maximum absolute atomic E-state index is 15.0. The average Bonchev–Trinajstić information content (AvgIpc) is 2.98. The normalized spacial score (nSPS) is 13.5. The minimum absolute atomic E-state index is 0.0804. The summed E-state index contributed by atoms with van der Waals surface area (Å²) in [6.07, 6.45) is 3.55. The number of carbonyl (C=O) groups excluding carboxylic acids is 1. The molecule has 3 aromatic carbocycles. The minimum atomic E-state index is -1.04. The van der Waals surface area contributed by atoms with Crippen LogP contribution in [0.5, 0.6) is 11.6 Å². The van der Waals surface area contributed by atoms with Crippen molar-refractivity contribution in [2.75, 3.05) is 31.6 Å². The van der Waals surface area contributed by atoms with Gasteiger partial charge in [0.05, 0.1) is 17.9 Å². The Morgan fingerprint density at radius 2 is 1.79 bits per heavy atom. The highest BCUT2D eigenvalue weighted by Crippen LogP contribution is 2.42. The summed E-state index contributed by atoms with van der Waals surface area (Å²) in [7, 11) is 0. The Morgan fingerprint density at radius 1 is 1.02 bits per heavy atom. The second kappa shape index (κ2) is 13.8. The largest absolute Gasteiger partial charge is 0.490 e. The molecule has 1 saturated heterocycles. The van der Waals surface area contributed by atoms with E-state index in [-0.39, 0.29) is 17.6 Å². The zero-order valence-electron chi connectivity index (χ0n) is 24.3. The maximum Gasteiger partial charge on any atom is 0.411 e. The number of nitrogens with zero attached hydrogens (tertiary/aromatic N) is 3. The number of aryl methyl sites for hydroxylation is 1. The van der Waals surface area contributed by atoms with Gasteiger partial charge in [0.1, 0.15) is 0 Å². The van der Waals surface area contributed by atoms with Crippen molar-refractivity contribution in [1.29, 1.82) is 0 Å². The number of hydrogen-bond acceptors (Lipinski definition) is 7. The third-order valence-corrected chi connectivity index (χ3v) is 7.92. The summed E-state index contributed by atoms with van der Waals surface area (Å²) in [5.74, 6) is -0.340. The number of amides is 1. The van der Waals surface area contributed by atoms with E-state index in [1.54, 1.807) is 30.3 Å². The van der Waals surface area contributed by atoms with E-state index >= 15 is 4.39 Å². The molecule has 0 saturated carbocycles. The molecule has 8 nitrogen and oxygen atoms in total. The fourth-order valence-corrected chi connectivity index (χ4v) is 5.48. The Balaban J connectivity index is 1.45. The molecule has 1 aliphatic rings. The molecule has 3 N–H and O–H groups in total. The van der Waals surface area contributed by atoms with E-state index in [1.807, 2.05) is 38.1 Å². The summed E-state index contributed by atoms with van der Waals surface area (Å²) in [4.78, 5) is 23.7. The Morgan fingerprint density at radius 3 is 2.53 bits per heavy atom. The molecule has 5 rings (SSSR count). The van der Waals surface area contributed by atoms with Gasteiger partial charge in [0.25, 0.3) is 0 Å². The Labute approximate surface area is 256 Å². The van der Waals surface area contributed by atoms with Crippen molar-refractivity contribution in [2.24, 2.45) is 5.73 Å². The summed E-state index contributed by atoms with van der Waals surface area (Å²) in [5.41, 5.74) is 10.1. The summed E-state index contributed by atoms with van der Waals surface area (Å²) < 4.78 is 26.2. The highest BCUT2D eigenvalue weighted by atomic mass is 35.5. The fraction of sp³-hybridized carbons (Fsp3) is 0.303. The van der Waals surface area contributed by atoms with Crippen molar-refractivity contribution < 1.29 is 18.7 Å². The molecule has 10 heteroatoms. The highest BCUT2D eigenvalue weighted by Gasteiger charge is 2.24. The molecule has 1 aromatic heterocycles. The van der Waals surface area contributed by atoms with Gasteiger partial charge in [0, 0.05) is 34.4 Å². The van der Waals surface area contributed by atoms with Crippen LogP contribution in [0, 0.1) is 19.7 Å². The monoisotopic (exact) mass is 603 g/mol. The zero-order chi connectivity index (χ0) is 30.3. The lowest BCUT2D eigenvalue weighted by molar-refractivity contribution is 0.203. The number of carbonyl (C=O) groups is 1. The van der Waals surface area contributed by atoms with Crippen molar-refractivity contribution in [2.45, 2.75) is 39.5 Å². The molecule has 0 bridgehead atoms. The fourth-order valence-electron chi connectivity index (χ4n) is 5.25. The average molecular weight is 604 g/mol. The second-order valence-corrected chi connectivity index (χ2v) is 11.0. The van der Waals surface area contributed by atoms with Crippen LogP contribution in [0.3, 0.4) is 0 Å². The van der Waals surface area contributed by atoms with Crippen LogP contribution in [0.15, 0.2) is 60.7 Å². The molecule has 1 fully saturated rings. The quantitative estimate of drug-likeness (QED) is 0.179. The van der Waals surface area contributed by atoms with Crippen molar-refractivity contribution in [3.8, 4) is 34.0 Å². The number of nitrogens with two attached hydrogens (primary N) is 1. The molecule has 43 heavy (non-hydrogen) atoms. The van der Waals surface area contributed by atoms with Crippen LogP contribution in [-0.2, 0) is 0 Å². The van der Waals surface area contributed by atoms with Gasteiger partial charge in [-0.25, -0.2) is 14.2 Å². The van der Waals surface area contributed by atoms with E-state index in [4.69, 9.17) is 31.8 Å².